The number of anilines is 1. The van der Waals surface area contributed by atoms with Gasteiger partial charge >= 0.3 is 0 Å². The summed E-state index contributed by atoms with van der Waals surface area (Å²) in [6, 6.07) is 21.7. The zero-order valence-corrected chi connectivity index (χ0v) is 18.1. The third-order valence-electron chi connectivity index (χ3n) is 5.18. The van der Waals surface area contributed by atoms with Crippen molar-refractivity contribution in [2.24, 2.45) is 0 Å². The van der Waals surface area contributed by atoms with Crippen LogP contribution in [0.1, 0.15) is 43.0 Å². The van der Waals surface area contributed by atoms with E-state index in [2.05, 4.69) is 50.4 Å². The van der Waals surface area contributed by atoms with Gasteiger partial charge in [0.05, 0.1) is 5.69 Å². The summed E-state index contributed by atoms with van der Waals surface area (Å²) in [7, 11) is 0. The van der Waals surface area contributed by atoms with Crippen LogP contribution in [0.5, 0.6) is 5.75 Å². The first kappa shape index (κ1) is 20.2. The minimum atomic E-state index is -0.119. The Kier molecular flexibility index (Phi) is 5.40. The lowest BCUT2D eigenvalue weighted by Gasteiger charge is -2.19. The second-order valence-electron chi connectivity index (χ2n) is 8.51. The largest absolute Gasteiger partial charge is 0.489 e. The lowest BCUT2D eigenvalue weighted by atomic mass is 9.87. The highest BCUT2D eigenvalue weighted by atomic mass is 35.5. The monoisotopic (exact) mass is 417 g/mol. The Bertz CT molecular complexity index is 1110. The van der Waals surface area contributed by atoms with Crippen LogP contribution in [0, 0.1) is 0 Å². The molecule has 3 aromatic rings. The van der Waals surface area contributed by atoms with Crippen molar-refractivity contribution in [1.82, 2.24) is 0 Å². The molecule has 1 heterocycles. The van der Waals surface area contributed by atoms with Gasteiger partial charge in [-0.1, -0.05) is 74.8 Å². The molecule has 1 aliphatic heterocycles. The summed E-state index contributed by atoms with van der Waals surface area (Å²) in [5, 5.41) is 3.46. The summed E-state index contributed by atoms with van der Waals surface area (Å²) in [6.45, 7) is 7.14. The fourth-order valence-corrected chi connectivity index (χ4v) is 3.58. The van der Waals surface area contributed by atoms with Crippen molar-refractivity contribution < 1.29 is 9.53 Å². The summed E-state index contributed by atoms with van der Waals surface area (Å²) in [5.41, 5.74) is 5.77. The predicted molar refractivity (Wildman–Crippen MR) is 124 cm³/mol. The standard InChI is InChI=1S/C26H24ClNO2/c1-26(2,3)19-8-4-18(5-9-19)16-30-21-11-6-17(7-12-21)14-23-22-13-10-20(27)15-24(22)28-25(23)29/h4-15H,16H2,1-3H3,(H,28,29)/b23-14+. The van der Waals surface area contributed by atoms with Gasteiger partial charge in [0.15, 0.2) is 0 Å². The SMILES string of the molecule is CC(C)(C)c1ccc(COc2ccc(/C=C3/C(=O)Nc4cc(Cl)ccc43)cc2)cc1. The number of carbonyl (C=O) groups is 1. The summed E-state index contributed by atoms with van der Waals surface area (Å²) < 4.78 is 5.92. The zero-order chi connectivity index (χ0) is 21.3. The molecule has 30 heavy (non-hydrogen) atoms. The molecular weight excluding hydrogens is 394 g/mol. The number of amides is 1. The van der Waals surface area contributed by atoms with Crippen molar-refractivity contribution >= 4 is 34.8 Å². The molecule has 1 aliphatic rings. The molecule has 0 unspecified atom stereocenters. The van der Waals surface area contributed by atoms with E-state index in [1.165, 1.54) is 5.56 Å². The normalized spacial score (nSPS) is 14.5. The third-order valence-corrected chi connectivity index (χ3v) is 5.42. The third kappa shape index (κ3) is 4.42. The Morgan fingerprint density at radius 2 is 1.67 bits per heavy atom. The number of nitrogens with one attached hydrogen (secondary N) is 1. The second-order valence-corrected chi connectivity index (χ2v) is 8.94. The van der Waals surface area contributed by atoms with Gasteiger partial charge in [0.1, 0.15) is 12.4 Å². The van der Waals surface area contributed by atoms with Gasteiger partial charge in [0.2, 0.25) is 0 Å². The maximum atomic E-state index is 12.3. The van der Waals surface area contributed by atoms with E-state index in [1.54, 1.807) is 12.1 Å². The summed E-state index contributed by atoms with van der Waals surface area (Å²) in [6.07, 6.45) is 1.88. The van der Waals surface area contributed by atoms with Gasteiger partial charge in [-0.2, -0.15) is 0 Å². The first-order valence-corrected chi connectivity index (χ1v) is 10.3. The van der Waals surface area contributed by atoms with Crippen molar-refractivity contribution in [3.8, 4) is 5.75 Å². The number of hydrogen-bond donors (Lipinski definition) is 1. The van der Waals surface area contributed by atoms with Crippen LogP contribution in [0.3, 0.4) is 0 Å². The zero-order valence-electron chi connectivity index (χ0n) is 17.3. The molecule has 3 nitrogen and oxygen atoms in total. The molecule has 1 N–H and O–H groups in total. The Labute approximate surface area is 182 Å². The summed E-state index contributed by atoms with van der Waals surface area (Å²) in [4.78, 5) is 12.3. The fourth-order valence-electron chi connectivity index (χ4n) is 3.40. The number of benzene rings is 3. The number of ether oxygens (including phenoxy) is 1. The molecule has 152 valence electrons. The molecule has 0 aromatic heterocycles. The van der Waals surface area contributed by atoms with Crippen molar-refractivity contribution in [3.05, 3.63) is 94.0 Å². The van der Waals surface area contributed by atoms with Crippen LogP contribution in [0.2, 0.25) is 5.02 Å². The lowest BCUT2D eigenvalue weighted by Crippen LogP contribution is -2.10. The van der Waals surface area contributed by atoms with Gasteiger partial charge in [0.25, 0.3) is 5.91 Å². The Balaban J connectivity index is 1.44. The van der Waals surface area contributed by atoms with Gasteiger partial charge < -0.3 is 10.1 Å². The van der Waals surface area contributed by atoms with Gasteiger partial charge in [-0.15, -0.1) is 0 Å². The number of carbonyl (C=O) groups excluding carboxylic acids is 1. The van der Waals surface area contributed by atoms with Gasteiger partial charge in [-0.3, -0.25) is 4.79 Å². The molecule has 1 amide bonds. The minimum Gasteiger partial charge on any atom is -0.489 e. The maximum Gasteiger partial charge on any atom is 0.256 e. The predicted octanol–water partition coefficient (Wildman–Crippen LogP) is 6.71. The molecule has 0 bridgehead atoms. The quantitative estimate of drug-likeness (QED) is 0.479. The summed E-state index contributed by atoms with van der Waals surface area (Å²) >= 11 is 6.01. The second kappa shape index (κ2) is 8.00. The molecule has 4 heteroatoms. The van der Waals surface area contributed by atoms with Crippen LogP contribution in [0.4, 0.5) is 5.69 Å². The molecule has 0 atom stereocenters. The van der Waals surface area contributed by atoms with Crippen molar-refractivity contribution in [1.29, 1.82) is 0 Å². The van der Waals surface area contributed by atoms with E-state index in [0.717, 1.165) is 28.1 Å². The number of halogens is 1. The van der Waals surface area contributed by atoms with E-state index in [9.17, 15) is 4.79 Å². The molecule has 4 rings (SSSR count). The van der Waals surface area contributed by atoms with Crippen LogP contribution < -0.4 is 10.1 Å². The average molecular weight is 418 g/mol. The molecule has 0 fully saturated rings. The average Bonchev–Trinajstić information content (AvgIpc) is 3.01. The van der Waals surface area contributed by atoms with Crippen LogP contribution in [-0.4, -0.2) is 5.91 Å². The summed E-state index contributed by atoms with van der Waals surface area (Å²) in [5.74, 6) is 0.673. The molecular formula is C26H24ClNO2. The fraction of sp³-hybridized carbons (Fsp3) is 0.192. The van der Waals surface area contributed by atoms with E-state index >= 15 is 0 Å². The Morgan fingerprint density at radius 3 is 2.33 bits per heavy atom. The van der Waals surface area contributed by atoms with E-state index in [0.29, 0.717) is 17.2 Å². The highest BCUT2D eigenvalue weighted by Gasteiger charge is 2.24. The van der Waals surface area contributed by atoms with Gasteiger partial charge in [-0.25, -0.2) is 0 Å². The molecule has 0 saturated heterocycles. The topological polar surface area (TPSA) is 38.3 Å². The van der Waals surface area contributed by atoms with E-state index < -0.39 is 0 Å². The van der Waals surface area contributed by atoms with Crippen molar-refractivity contribution in [2.75, 3.05) is 5.32 Å². The Hall–Kier alpha value is -3.04. The number of fused-ring (bicyclic) bond motifs is 1. The van der Waals surface area contributed by atoms with Crippen LogP contribution in [-0.2, 0) is 16.8 Å². The van der Waals surface area contributed by atoms with Crippen molar-refractivity contribution in [2.45, 2.75) is 32.8 Å². The van der Waals surface area contributed by atoms with E-state index in [1.807, 2.05) is 36.4 Å². The first-order valence-electron chi connectivity index (χ1n) is 9.95. The van der Waals surface area contributed by atoms with Gasteiger partial charge in [-0.05, 0) is 52.4 Å². The first-order chi connectivity index (χ1) is 14.3. The molecule has 0 saturated carbocycles. The molecule has 0 radical (unpaired) electrons. The van der Waals surface area contributed by atoms with E-state index in [4.69, 9.17) is 16.3 Å². The van der Waals surface area contributed by atoms with Crippen LogP contribution in [0.15, 0.2) is 66.7 Å². The lowest BCUT2D eigenvalue weighted by molar-refractivity contribution is -0.110. The molecule has 0 spiro atoms. The number of hydrogen-bond acceptors (Lipinski definition) is 2. The van der Waals surface area contributed by atoms with Crippen LogP contribution in [0.25, 0.3) is 11.6 Å². The molecule has 0 aliphatic carbocycles. The smallest absolute Gasteiger partial charge is 0.256 e. The van der Waals surface area contributed by atoms with Crippen molar-refractivity contribution in [3.63, 3.8) is 0 Å². The van der Waals surface area contributed by atoms with Crippen LogP contribution >= 0.6 is 11.6 Å². The Morgan fingerprint density at radius 1 is 0.967 bits per heavy atom. The molecule has 3 aromatic carbocycles. The highest BCUT2D eigenvalue weighted by Crippen LogP contribution is 2.35. The highest BCUT2D eigenvalue weighted by molar-refractivity contribution is 6.36. The maximum absolute atomic E-state index is 12.3. The minimum absolute atomic E-state index is 0.119. The van der Waals surface area contributed by atoms with Gasteiger partial charge in [0, 0.05) is 16.2 Å². The van der Waals surface area contributed by atoms with E-state index in [-0.39, 0.29) is 11.3 Å². The number of rotatable bonds is 4.